The van der Waals surface area contributed by atoms with Crippen LogP contribution >= 0.6 is 0 Å². The minimum atomic E-state index is -4.29. The van der Waals surface area contributed by atoms with Gasteiger partial charge in [0.05, 0.1) is 11.4 Å². The molecule has 1 unspecified atom stereocenters. The van der Waals surface area contributed by atoms with Crippen LogP contribution in [0, 0.1) is 0 Å². The van der Waals surface area contributed by atoms with Gasteiger partial charge in [0.25, 0.3) is 0 Å². The van der Waals surface area contributed by atoms with Crippen molar-refractivity contribution in [3.05, 3.63) is 35.4 Å². The molecule has 2 rings (SSSR count). The summed E-state index contributed by atoms with van der Waals surface area (Å²) in [5.41, 5.74) is 5.55. The van der Waals surface area contributed by atoms with Gasteiger partial charge in [-0.15, -0.1) is 0 Å². The van der Waals surface area contributed by atoms with E-state index in [1.165, 1.54) is 12.1 Å². The van der Waals surface area contributed by atoms with Crippen molar-refractivity contribution in [2.24, 2.45) is 10.7 Å². The highest BCUT2D eigenvalue weighted by Crippen LogP contribution is 2.32. The number of halogens is 3. The highest BCUT2D eigenvalue weighted by molar-refractivity contribution is 5.83. The molecule has 0 bridgehead atoms. The Labute approximate surface area is 91.0 Å². The molecule has 0 radical (unpaired) electrons. The zero-order valence-electron chi connectivity index (χ0n) is 8.46. The minimum absolute atomic E-state index is 0.0118. The third-order valence-corrected chi connectivity index (χ3v) is 2.66. The van der Waals surface area contributed by atoms with E-state index in [2.05, 4.69) is 4.99 Å². The van der Waals surface area contributed by atoms with E-state index in [4.69, 9.17) is 5.73 Å². The largest absolute Gasteiger partial charge is 0.416 e. The molecule has 1 aliphatic rings. The van der Waals surface area contributed by atoms with E-state index in [0.29, 0.717) is 24.4 Å². The smallest absolute Gasteiger partial charge is 0.387 e. The second-order valence-corrected chi connectivity index (χ2v) is 3.86. The number of hydrogen-bond acceptors (Lipinski definition) is 2. The van der Waals surface area contributed by atoms with Gasteiger partial charge in [-0.3, -0.25) is 4.99 Å². The van der Waals surface area contributed by atoms with Crippen molar-refractivity contribution in [3.63, 3.8) is 0 Å². The van der Waals surface area contributed by atoms with Crippen LogP contribution in [0.1, 0.15) is 23.5 Å². The Kier molecular flexibility index (Phi) is 2.61. The van der Waals surface area contributed by atoms with Gasteiger partial charge in [0.1, 0.15) is 0 Å². The molecule has 1 atom stereocenters. The second-order valence-electron chi connectivity index (χ2n) is 3.86. The Bertz CT molecular complexity index is 423. The number of amidine groups is 1. The average molecular weight is 228 g/mol. The average Bonchev–Trinajstić information content (AvgIpc) is 2.64. The van der Waals surface area contributed by atoms with Crippen molar-refractivity contribution in [1.82, 2.24) is 0 Å². The summed E-state index contributed by atoms with van der Waals surface area (Å²) in [4.78, 5) is 4.00. The molecular weight excluding hydrogens is 217 g/mol. The van der Waals surface area contributed by atoms with Crippen LogP contribution in [0.25, 0.3) is 0 Å². The first-order valence-electron chi connectivity index (χ1n) is 4.93. The lowest BCUT2D eigenvalue weighted by Crippen LogP contribution is -2.10. The zero-order valence-corrected chi connectivity index (χ0v) is 8.46. The normalized spacial score (nSPS) is 20.9. The summed E-state index contributed by atoms with van der Waals surface area (Å²) < 4.78 is 37.4. The molecule has 5 heteroatoms. The lowest BCUT2D eigenvalue weighted by Gasteiger charge is -2.12. The molecule has 2 N–H and O–H groups in total. The summed E-state index contributed by atoms with van der Waals surface area (Å²) in [5, 5.41) is 0. The van der Waals surface area contributed by atoms with Gasteiger partial charge in [-0.25, -0.2) is 0 Å². The molecule has 0 saturated carbocycles. The number of benzene rings is 1. The maximum absolute atomic E-state index is 12.5. The molecule has 0 aliphatic carbocycles. The fourth-order valence-corrected chi connectivity index (χ4v) is 1.80. The predicted octanol–water partition coefficient (Wildman–Crippen LogP) is 2.55. The zero-order chi connectivity index (χ0) is 11.8. The third kappa shape index (κ3) is 2.18. The van der Waals surface area contributed by atoms with Crippen LogP contribution in [0.15, 0.2) is 29.3 Å². The number of nitrogens with zero attached hydrogens (tertiary/aromatic N) is 1. The number of aliphatic imine (C=N–C) groups is 1. The quantitative estimate of drug-likeness (QED) is 0.788. The highest BCUT2D eigenvalue weighted by Gasteiger charge is 2.31. The molecule has 1 aromatic rings. The van der Waals surface area contributed by atoms with E-state index in [0.717, 1.165) is 6.07 Å². The van der Waals surface area contributed by atoms with E-state index in [1.807, 2.05) is 0 Å². The minimum Gasteiger partial charge on any atom is -0.387 e. The molecule has 0 aromatic heterocycles. The van der Waals surface area contributed by atoms with Gasteiger partial charge in [-0.2, -0.15) is 13.2 Å². The van der Waals surface area contributed by atoms with Crippen molar-refractivity contribution in [1.29, 1.82) is 0 Å². The van der Waals surface area contributed by atoms with Crippen LogP contribution in [0.3, 0.4) is 0 Å². The summed E-state index contributed by atoms with van der Waals surface area (Å²) in [5.74, 6) is 0.504. The van der Waals surface area contributed by atoms with Gasteiger partial charge in [0.15, 0.2) is 0 Å². The maximum atomic E-state index is 12.5. The lowest BCUT2D eigenvalue weighted by molar-refractivity contribution is -0.137. The number of rotatable bonds is 1. The topological polar surface area (TPSA) is 38.4 Å². The van der Waals surface area contributed by atoms with E-state index < -0.39 is 11.7 Å². The van der Waals surface area contributed by atoms with E-state index in [9.17, 15) is 13.2 Å². The Morgan fingerprint density at radius 2 is 2.06 bits per heavy atom. The van der Waals surface area contributed by atoms with Crippen molar-refractivity contribution in [2.45, 2.75) is 18.5 Å². The Hall–Kier alpha value is -1.52. The summed E-state index contributed by atoms with van der Waals surface area (Å²) >= 11 is 0. The van der Waals surface area contributed by atoms with E-state index in [-0.39, 0.29) is 5.92 Å². The monoisotopic (exact) mass is 228 g/mol. The van der Waals surface area contributed by atoms with Crippen molar-refractivity contribution in [3.8, 4) is 0 Å². The first kappa shape index (κ1) is 11.0. The van der Waals surface area contributed by atoms with Gasteiger partial charge in [0, 0.05) is 18.9 Å². The van der Waals surface area contributed by atoms with Crippen LogP contribution in [-0.4, -0.2) is 12.4 Å². The van der Waals surface area contributed by atoms with E-state index in [1.54, 1.807) is 6.07 Å². The molecular formula is C11H11F3N2. The maximum Gasteiger partial charge on any atom is 0.416 e. The van der Waals surface area contributed by atoms with Gasteiger partial charge in [-0.1, -0.05) is 18.2 Å². The Morgan fingerprint density at radius 1 is 1.31 bits per heavy atom. The first-order chi connectivity index (χ1) is 7.47. The Morgan fingerprint density at radius 3 is 2.62 bits per heavy atom. The molecule has 0 spiro atoms. The van der Waals surface area contributed by atoms with Gasteiger partial charge in [-0.05, 0) is 11.6 Å². The van der Waals surface area contributed by atoms with Crippen LogP contribution in [0.2, 0.25) is 0 Å². The fourth-order valence-electron chi connectivity index (χ4n) is 1.80. The van der Waals surface area contributed by atoms with Crippen LogP contribution in [-0.2, 0) is 6.18 Å². The van der Waals surface area contributed by atoms with Crippen LogP contribution in [0.5, 0.6) is 0 Å². The third-order valence-electron chi connectivity index (χ3n) is 2.66. The standard InChI is InChI=1S/C11H11F3N2/c12-11(13,14)9-3-1-2-7(4-9)8-5-10(15)16-6-8/h1-4,8H,5-6H2,(H2,15,16). The van der Waals surface area contributed by atoms with Crippen LogP contribution < -0.4 is 5.73 Å². The summed E-state index contributed by atoms with van der Waals surface area (Å²) in [6.07, 6.45) is -3.75. The van der Waals surface area contributed by atoms with Crippen molar-refractivity contribution >= 4 is 5.84 Å². The molecule has 86 valence electrons. The summed E-state index contributed by atoms with van der Waals surface area (Å²) in [7, 11) is 0. The highest BCUT2D eigenvalue weighted by atomic mass is 19.4. The fraction of sp³-hybridized carbons (Fsp3) is 0.364. The Balaban J connectivity index is 2.24. The molecule has 2 nitrogen and oxygen atoms in total. The number of nitrogens with two attached hydrogens (primary N) is 1. The molecule has 0 amide bonds. The SMILES string of the molecule is NC1=NCC(c2cccc(C(F)(F)F)c2)C1. The molecule has 0 fully saturated rings. The van der Waals surface area contributed by atoms with Crippen LogP contribution in [0.4, 0.5) is 13.2 Å². The van der Waals surface area contributed by atoms with Gasteiger partial charge < -0.3 is 5.73 Å². The molecule has 1 aromatic carbocycles. The van der Waals surface area contributed by atoms with E-state index >= 15 is 0 Å². The van der Waals surface area contributed by atoms with Crippen molar-refractivity contribution in [2.75, 3.05) is 6.54 Å². The second kappa shape index (κ2) is 3.81. The van der Waals surface area contributed by atoms with Crippen molar-refractivity contribution < 1.29 is 13.2 Å². The molecule has 0 saturated heterocycles. The number of alkyl halides is 3. The van der Waals surface area contributed by atoms with Gasteiger partial charge >= 0.3 is 6.18 Å². The first-order valence-corrected chi connectivity index (χ1v) is 4.93. The summed E-state index contributed by atoms with van der Waals surface area (Å²) in [6, 6.07) is 5.36. The molecule has 16 heavy (non-hydrogen) atoms. The molecule has 1 heterocycles. The number of hydrogen-bond donors (Lipinski definition) is 1. The summed E-state index contributed by atoms with van der Waals surface area (Å²) in [6.45, 7) is 0.479. The van der Waals surface area contributed by atoms with Gasteiger partial charge in [0.2, 0.25) is 0 Å². The lowest BCUT2D eigenvalue weighted by atomic mass is 9.96. The molecule has 1 aliphatic heterocycles. The predicted molar refractivity (Wildman–Crippen MR) is 55.3 cm³/mol.